The van der Waals surface area contributed by atoms with E-state index in [-0.39, 0.29) is 4.90 Å². The van der Waals surface area contributed by atoms with Crippen molar-refractivity contribution in [2.24, 2.45) is 0 Å². The molecule has 0 aliphatic rings. The standard InChI is InChI=1S/C15H21NO3S/c1-13-7-9-14(10-8-13)20(18,19)16(4)12-6-5-11-15(2,3)17/h7-10,17H,5,11H2,1-4H3. The molecule has 0 amide bonds. The van der Waals surface area contributed by atoms with Gasteiger partial charge in [-0.05, 0) is 39.3 Å². The number of aliphatic hydroxyl groups is 1. The van der Waals surface area contributed by atoms with Crippen molar-refractivity contribution in [1.29, 1.82) is 0 Å². The molecular weight excluding hydrogens is 274 g/mol. The molecule has 20 heavy (non-hydrogen) atoms. The zero-order valence-corrected chi connectivity index (χ0v) is 13.2. The first-order valence-corrected chi connectivity index (χ1v) is 7.83. The summed E-state index contributed by atoms with van der Waals surface area (Å²) >= 11 is 0. The molecule has 0 radical (unpaired) electrons. The van der Waals surface area contributed by atoms with Gasteiger partial charge in [-0.1, -0.05) is 23.6 Å². The Hall–Kier alpha value is -1.51. The Kier molecular flexibility index (Phi) is 5.21. The van der Waals surface area contributed by atoms with Crippen LogP contribution in [0.2, 0.25) is 0 Å². The monoisotopic (exact) mass is 295 g/mol. The molecule has 0 aliphatic carbocycles. The SMILES string of the molecule is Cc1ccc(S(=O)(=O)N(C)C#CCCC(C)(C)O)cc1. The Bertz CT molecular complexity index is 601. The molecule has 0 aromatic heterocycles. The van der Waals surface area contributed by atoms with Crippen LogP contribution in [-0.4, -0.2) is 30.5 Å². The minimum atomic E-state index is -3.57. The van der Waals surface area contributed by atoms with Crippen LogP contribution >= 0.6 is 0 Å². The highest BCUT2D eigenvalue weighted by Crippen LogP contribution is 2.14. The van der Waals surface area contributed by atoms with Crippen LogP contribution in [0.5, 0.6) is 0 Å². The van der Waals surface area contributed by atoms with Gasteiger partial charge in [0.25, 0.3) is 10.0 Å². The molecule has 1 rings (SSSR count). The Morgan fingerprint density at radius 3 is 2.30 bits per heavy atom. The molecule has 0 fully saturated rings. The highest BCUT2D eigenvalue weighted by Gasteiger charge is 2.18. The van der Waals surface area contributed by atoms with Gasteiger partial charge in [-0.3, -0.25) is 0 Å². The van der Waals surface area contributed by atoms with Crippen LogP contribution in [0.1, 0.15) is 32.3 Å². The van der Waals surface area contributed by atoms with Crippen molar-refractivity contribution in [2.45, 2.75) is 44.1 Å². The maximum atomic E-state index is 12.2. The van der Waals surface area contributed by atoms with Crippen LogP contribution in [0.15, 0.2) is 29.2 Å². The van der Waals surface area contributed by atoms with E-state index in [0.717, 1.165) is 9.87 Å². The van der Waals surface area contributed by atoms with Crippen LogP contribution in [0.4, 0.5) is 0 Å². The Morgan fingerprint density at radius 2 is 1.80 bits per heavy atom. The molecule has 110 valence electrons. The Balaban J connectivity index is 2.78. The average Bonchev–Trinajstić information content (AvgIpc) is 2.33. The molecule has 0 atom stereocenters. The zero-order chi connectivity index (χ0) is 15.4. The van der Waals surface area contributed by atoms with E-state index in [1.54, 1.807) is 38.1 Å². The summed E-state index contributed by atoms with van der Waals surface area (Å²) in [6, 6.07) is 9.24. The van der Waals surface area contributed by atoms with Crippen LogP contribution < -0.4 is 0 Å². The van der Waals surface area contributed by atoms with Crippen LogP contribution in [0, 0.1) is 18.9 Å². The lowest BCUT2D eigenvalue weighted by molar-refractivity contribution is 0.0727. The quantitative estimate of drug-likeness (QED) is 0.684. The minimum Gasteiger partial charge on any atom is -0.390 e. The minimum absolute atomic E-state index is 0.224. The molecule has 1 N–H and O–H groups in total. The summed E-state index contributed by atoms with van der Waals surface area (Å²) in [6.45, 7) is 5.29. The first kappa shape index (κ1) is 16.5. The van der Waals surface area contributed by atoms with Gasteiger partial charge in [-0.25, -0.2) is 12.7 Å². The zero-order valence-electron chi connectivity index (χ0n) is 12.3. The first-order valence-electron chi connectivity index (χ1n) is 6.39. The predicted molar refractivity (Wildman–Crippen MR) is 79.4 cm³/mol. The molecule has 0 unspecified atom stereocenters. The summed E-state index contributed by atoms with van der Waals surface area (Å²) < 4.78 is 25.4. The van der Waals surface area contributed by atoms with Crippen molar-refractivity contribution in [1.82, 2.24) is 4.31 Å². The molecular formula is C15H21NO3S. The molecule has 0 heterocycles. The summed E-state index contributed by atoms with van der Waals surface area (Å²) in [5.41, 5.74) is 0.214. The number of nitrogens with zero attached hydrogens (tertiary/aromatic N) is 1. The number of rotatable bonds is 4. The second-order valence-electron chi connectivity index (χ2n) is 5.39. The molecule has 0 aliphatic heterocycles. The Morgan fingerprint density at radius 1 is 1.25 bits per heavy atom. The Labute approximate surface area is 121 Å². The van der Waals surface area contributed by atoms with Crippen molar-refractivity contribution < 1.29 is 13.5 Å². The topological polar surface area (TPSA) is 57.6 Å². The van der Waals surface area contributed by atoms with E-state index < -0.39 is 15.6 Å². The fraction of sp³-hybridized carbons (Fsp3) is 0.467. The van der Waals surface area contributed by atoms with Crippen molar-refractivity contribution in [3.8, 4) is 12.0 Å². The van der Waals surface area contributed by atoms with E-state index in [9.17, 15) is 13.5 Å². The number of benzene rings is 1. The van der Waals surface area contributed by atoms with Crippen molar-refractivity contribution in [3.63, 3.8) is 0 Å². The van der Waals surface area contributed by atoms with Crippen molar-refractivity contribution in [2.75, 3.05) is 7.05 Å². The molecule has 1 aromatic rings. The van der Waals surface area contributed by atoms with Gasteiger partial charge in [0.1, 0.15) is 0 Å². The summed E-state index contributed by atoms with van der Waals surface area (Å²) in [5.74, 6) is 2.77. The third kappa shape index (κ3) is 4.87. The molecule has 4 nitrogen and oxygen atoms in total. The summed E-state index contributed by atoms with van der Waals surface area (Å²) in [6.07, 6.45) is 0.940. The summed E-state index contributed by atoms with van der Waals surface area (Å²) in [7, 11) is -2.15. The normalized spacial score (nSPS) is 11.7. The van der Waals surface area contributed by atoms with E-state index in [0.29, 0.717) is 12.8 Å². The highest BCUT2D eigenvalue weighted by molar-refractivity contribution is 7.89. The van der Waals surface area contributed by atoms with Gasteiger partial charge >= 0.3 is 0 Å². The van der Waals surface area contributed by atoms with E-state index in [1.165, 1.54) is 7.05 Å². The van der Waals surface area contributed by atoms with Crippen LogP contribution in [0.25, 0.3) is 0 Å². The third-order valence-corrected chi connectivity index (χ3v) is 4.46. The van der Waals surface area contributed by atoms with Gasteiger partial charge in [0.2, 0.25) is 0 Å². The van der Waals surface area contributed by atoms with Crippen LogP contribution in [0.3, 0.4) is 0 Å². The summed E-state index contributed by atoms with van der Waals surface area (Å²) in [5, 5.41) is 9.55. The van der Waals surface area contributed by atoms with Gasteiger partial charge in [0.05, 0.1) is 10.5 Å². The summed E-state index contributed by atoms with van der Waals surface area (Å²) in [4.78, 5) is 0.224. The van der Waals surface area contributed by atoms with Crippen molar-refractivity contribution >= 4 is 10.0 Å². The number of sulfonamides is 1. The highest BCUT2D eigenvalue weighted by atomic mass is 32.2. The molecule has 0 spiro atoms. The molecule has 1 aromatic carbocycles. The van der Waals surface area contributed by atoms with Gasteiger partial charge in [-0.2, -0.15) is 0 Å². The smallest absolute Gasteiger partial charge is 0.270 e. The molecule has 0 saturated heterocycles. The largest absolute Gasteiger partial charge is 0.390 e. The van der Waals surface area contributed by atoms with E-state index in [2.05, 4.69) is 12.0 Å². The average molecular weight is 295 g/mol. The van der Waals surface area contributed by atoms with E-state index in [4.69, 9.17) is 0 Å². The number of aryl methyl sites for hydroxylation is 1. The van der Waals surface area contributed by atoms with E-state index in [1.807, 2.05) is 6.92 Å². The maximum Gasteiger partial charge on any atom is 0.270 e. The maximum absolute atomic E-state index is 12.2. The predicted octanol–water partition coefficient (Wildman–Crippen LogP) is 2.13. The van der Waals surface area contributed by atoms with Crippen molar-refractivity contribution in [3.05, 3.63) is 29.8 Å². The fourth-order valence-corrected chi connectivity index (χ4v) is 2.45. The van der Waals surface area contributed by atoms with Gasteiger partial charge in [0.15, 0.2) is 0 Å². The number of hydrogen-bond acceptors (Lipinski definition) is 3. The molecule has 5 heteroatoms. The lowest BCUT2D eigenvalue weighted by Crippen LogP contribution is -2.22. The first-order chi connectivity index (χ1) is 9.13. The fourth-order valence-electron chi connectivity index (χ4n) is 1.46. The molecule has 0 saturated carbocycles. The molecule has 0 bridgehead atoms. The second kappa shape index (κ2) is 6.29. The third-order valence-electron chi connectivity index (χ3n) is 2.78. The lowest BCUT2D eigenvalue weighted by atomic mass is 10.0. The van der Waals surface area contributed by atoms with Gasteiger partial charge in [0, 0.05) is 19.5 Å². The van der Waals surface area contributed by atoms with E-state index >= 15 is 0 Å². The van der Waals surface area contributed by atoms with Gasteiger partial charge < -0.3 is 5.11 Å². The number of hydrogen-bond donors (Lipinski definition) is 1. The van der Waals surface area contributed by atoms with Gasteiger partial charge in [-0.15, -0.1) is 0 Å². The van der Waals surface area contributed by atoms with Crippen LogP contribution in [-0.2, 0) is 10.0 Å². The second-order valence-corrected chi connectivity index (χ2v) is 7.36. The lowest BCUT2D eigenvalue weighted by Gasteiger charge is -2.14.